The lowest BCUT2D eigenvalue weighted by Crippen LogP contribution is -2.51. The number of carbonyl (C=O) groups excluding carboxylic acids is 2. The van der Waals surface area contributed by atoms with Gasteiger partial charge in [-0.3, -0.25) is 9.59 Å². The minimum atomic E-state index is -4.06. The molecule has 3 rings (SSSR count). The Bertz CT molecular complexity index is 1350. The van der Waals surface area contributed by atoms with Crippen LogP contribution >= 0.6 is 23.2 Å². The lowest BCUT2D eigenvalue weighted by Gasteiger charge is -2.28. The van der Waals surface area contributed by atoms with E-state index in [9.17, 15) is 18.0 Å². The highest BCUT2D eigenvalue weighted by molar-refractivity contribution is 7.87. The van der Waals surface area contributed by atoms with E-state index in [0.29, 0.717) is 11.3 Å². The summed E-state index contributed by atoms with van der Waals surface area (Å²) >= 11 is 12.2. The summed E-state index contributed by atoms with van der Waals surface area (Å²) < 4.78 is 35.3. The van der Waals surface area contributed by atoms with Crippen LogP contribution in [0.25, 0.3) is 0 Å². The Hall–Kier alpha value is -2.95. The monoisotopic (exact) mass is 577 g/mol. The summed E-state index contributed by atoms with van der Waals surface area (Å²) in [5.41, 5.74) is 2.09. The van der Waals surface area contributed by atoms with Crippen molar-refractivity contribution in [2.24, 2.45) is 0 Å². The number of ether oxygens (including phenoxy) is 1. The van der Waals surface area contributed by atoms with E-state index in [1.807, 2.05) is 30.3 Å². The average molecular weight is 579 g/mol. The van der Waals surface area contributed by atoms with Crippen LogP contribution < -0.4 is 10.0 Å². The van der Waals surface area contributed by atoms with Gasteiger partial charge in [-0.05, 0) is 55.7 Å². The molecule has 0 aliphatic heterocycles. The van der Waals surface area contributed by atoms with E-state index >= 15 is 0 Å². The number of hydrogen-bond acceptors (Lipinski definition) is 5. The topological polar surface area (TPSA) is 105 Å². The maximum atomic E-state index is 13.3. The maximum Gasteiger partial charge on any atom is 0.324 e. The van der Waals surface area contributed by atoms with E-state index in [4.69, 9.17) is 27.9 Å². The van der Waals surface area contributed by atoms with Gasteiger partial charge in [-0.2, -0.15) is 17.4 Å². The summed E-state index contributed by atoms with van der Waals surface area (Å²) in [5.74, 6) is -1.19. The summed E-state index contributed by atoms with van der Waals surface area (Å²) in [7, 11) is -2.86. The molecule has 1 atom stereocenters. The van der Waals surface area contributed by atoms with E-state index in [0.717, 1.165) is 5.56 Å². The van der Waals surface area contributed by atoms with Gasteiger partial charge in [0.25, 0.3) is 16.1 Å². The third-order valence-electron chi connectivity index (χ3n) is 5.68. The van der Waals surface area contributed by atoms with E-state index in [1.54, 1.807) is 56.3 Å². The number of amides is 1. The lowest BCUT2D eigenvalue weighted by molar-refractivity contribution is -0.142. The Kier molecular flexibility index (Phi) is 10.3. The predicted molar refractivity (Wildman–Crippen MR) is 150 cm³/mol. The van der Waals surface area contributed by atoms with Crippen LogP contribution in [0.2, 0.25) is 10.0 Å². The highest BCUT2D eigenvalue weighted by Crippen LogP contribution is 2.25. The van der Waals surface area contributed by atoms with Gasteiger partial charge in [-0.1, -0.05) is 71.7 Å². The van der Waals surface area contributed by atoms with Gasteiger partial charge in [0.15, 0.2) is 0 Å². The quantitative estimate of drug-likeness (QED) is 0.309. The molecule has 1 amide bonds. The van der Waals surface area contributed by atoms with Gasteiger partial charge in [0.2, 0.25) is 0 Å². The summed E-state index contributed by atoms with van der Waals surface area (Å²) in [5, 5.41) is 3.17. The number of esters is 1. The first-order valence-corrected chi connectivity index (χ1v) is 14.0. The van der Waals surface area contributed by atoms with Crippen molar-refractivity contribution in [1.29, 1.82) is 0 Å². The molecule has 0 fully saturated rings. The minimum absolute atomic E-state index is 0.0355. The highest BCUT2D eigenvalue weighted by atomic mass is 35.5. The number of halogens is 2. The Labute approximate surface area is 233 Å². The molecule has 8 nitrogen and oxygen atoms in total. The van der Waals surface area contributed by atoms with Gasteiger partial charge in [0.1, 0.15) is 6.04 Å². The van der Waals surface area contributed by atoms with Gasteiger partial charge in [-0.25, -0.2) is 0 Å². The van der Waals surface area contributed by atoms with Crippen molar-refractivity contribution in [3.05, 3.63) is 99.5 Å². The fourth-order valence-corrected chi connectivity index (χ4v) is 5.86. The third kappa shape index (κ3) is 7.78. The molecule has 0 aromatic heterocycles. The van der Waals surface area contributed by atoms with Crippen molar-refractivity contribution < 1.29 is 22.7 Å². The third-order valence-corrected chi connectivity index (χ3v) is 8.06. The Morgan fingerprint density at radius 2 is 1.50 bits per heavy atom. The Morgan fingerprint density at radius 1 is 0.895 bits per heavy atom. The second-order valence-electron chi connectivity index (χ2n) is 8.78. The molecule has 3 aromatic rings. The fourth-order valence-electron chi connectivity index (χ4n) is 3.74. The van der Waals surface area contributed by atoms with Crippen LogP contribution in [0.4, 0.5) is 5.69 Å². The molecule has 0 spiro atoms. The number of hydrogen-bond donors (Lipinski definition) is 2. The van der Waals surface area contributed by atoms with Gasteiger partial charge in [-0.15, -0.1) is 0 Å². The zero-order valence-corrected chi connectivity index (χ0v) is 23.5. The van der Waals surface area contributed by atoms with Crippen LogP contribution in [-0.4, -0.2) is 43.8 Å². The van der Waals surface area contributed by atoms with E-state index in [2.05, 4.69) is 10.0 Å². The molecule has 11 heteroatoms. The Morgan fingerprint density at radius 3 is 2.05 bits per heavy atom. The number of nitrogens with zero attached hydrogens (tertiary/aromatic N) is 1. The first-order valence-electron chi connectivity index (χ1n) is 11.8. The van der Waals surface area contributed by atoms with E-state index in [-0.39, 0.29) is 34.6 Å². The van der Waals surface area contributed by atoms with Crippen molar-refractivity contribution in [2.45, 2.75) is 38.9 Å². The molecule has 0 radical (unpaired) electrons. The number of anilines is 1. The molecule has 0 saturated heterocycles. The van der Waals surface area contributed by atoms with Gasteiger partial charge >= 0.3 is 5.97 Å². The van der Waals surface area contributed by atoms with Crippen LogP contribution in [0.5, 0.6) is 0 Å². The second kappa shape index (κ2) is 13.2. The zero-order valence-electron chi connectivity index (χ0n) is 21.1. The largest absolute Gasteiger partial charge is 0.468 e. The number of carbonyl (C=O) groups is 2. The molecule has 38 heavy (non-hydrogen) atoms. The molecular formula is C27H29Cl2N3O5S. The summed E-state index contributed by atoms with van der Waals surface area (Å²) in [6.07, 6.45) is 0.0355. The molecule has 202 valence electrons. The molecule has 0 saturated carbocycles. The molecule has 3 aromatic carbocycles. The van der Waals surface area contributed by atoms with Crippen LogP contribution in [0, 0.1) is 0 Å². The standard InChI is InChI=1S/C27H29Cl2N3O5S/c1-18(2)32(17-20-8-5-4-6-9-20)38(35,36)31-24(27(34)37-3)16-19-12-14-21(15-13-19)30-26(33)25-22(28)10-7-11-23(25)29/h4-15,18,24,31H,16-17H2,1-3H3,(H,30,33). The molecule has 0 aliphatic carbocycles. The fraction of sp³-hybridized carbons (Fsp3) is 0.259. The molecule has 0 heterocycles. The zero-order chi connectivity index (χ0) is 27.9. The molecule has 2 N–H and O–H groups in total. The summed E-state index contributed by atoms with van der Waals surface area (Å²) in [4.78, 5) is 25.2. The SMILES string of the molecule is COC(=O)C(Cc1ccc(NC(=O)c2c(Cl)cccc2Cl)cc1)NS(=O)(=O)N(Cc1ccccc1)C(C)C. The smallest absolute Gasteiger partial charge is 0.324 e. The minimum Gasteiger partial charge on any atom is -0.468 e. The summed E-state index contributed by atoms with van der Waals surface area (Å²) in [6.45, 7) is 3.67. The van der Waals surface area contributed by atoms with E-state index in [1.165, 1.54) is 11.4 Å². The maximum absolute atomic E-state index is 13.3. The lowest BCUT2D eigenvalue weighted by atomic mass is 10.1. The summed E-state index contributed by atoms with van der Waals surface area (Å²) in [6, 6.07) is 19.1. The van der Waals surface area contributed by atoms with Crippen molar-refractivity contribution in [3.8, 4) is 0 Å². The van der Waals surface area contributed by atoms with Crippen molar-refractivity contribution >= 4 is 51.0 Å². The van der Waals surface area contributed by atoms with Crippen LogP contribution in [0.15, 0.2) is 72.8 Å². The Balaban J connectivity index is 1.74. The van der Waals surface area contributed by atoms with Crippen LogP contribution in [-0.2, 0) is 32.7 Å². The first kappa shape index (κ1) is 29.6. The highest BCUT2D eigenvalue weighted by Gasteiger charge is 2.31. The molecule has 0 aliphatic rings. The van der Waals surface area contributed by atoms with Crippen LogP contribution in [0.3, 0.4) is 0 Å². The number of benzene rings is 3. The number of nitrogens with one attached hydrogen (secondary N) is 2. The average Bonchev–Trinajstić information content (AvgIpc) is 2.87. The van der Waals surface area contributed by atoms with Gasteiger partial charge < -0.3 is 10.1 Å². The van der Waals surface area contributed by atoms with Crippen molar-refractivity contribution in [2.75, 3.05) is 12.4 Å². The molecular weight excluding hydrogens is 549 g/mol. The number of methoxy groups -OCH3 is 1. The number of rotatable bonds is 11. The normalized spacial score (nSPS) is 12.4. The predicted octanol–water partition coefficient (Wildman–Crippen LogP) is 5.07. The van der Waals surface area contributed by atoms with Gasteiger partial charge in [0.05, 0.1) is 22.7 Å². The van der Waals surface area contributed by atoms with Crippen molar-refractivity contribution in [1.82, 2.24) is 9.03 Å². The first-order chi connectivity index (χ1) is 18.0. The molecule has 1 unspecified atom stereocenters. The van der Waals surface area contributed by atoms with Crippen LogP contribution in [0.1, 0.15) is 35.3 Å². The second-order valence-corrected chi connectivity index (χ2v) is 11.2. The van der Waals surface area contributed by atoms with Crippen molar-refractivity contribution in [3.63, 3.8) is 0 Å². The van der Waals surface area contributed by atoms with E-state index < -0.39 is 28.1 Å². The molecule has 0 bridgehead atoms. The van der Waals surface area contributed by atoms with Gasteiger partial charge in [0, 0.05) is 18.3 Å².